The molecule has 0 aliphatic carbocycles. The van der Waals surface area contributed by atoms with Crippen LogP contribution in [0.1, 0.15) is 0 Å². The fourth-order valence-electron chi connectivity index (χ4n) is 0. The van der Waals surface area contributed by atoms with Crippen molar-refractivity contribution >= 4 is 23.8 Å². The smallest absolute Gasteiger partial charge is 0.539 e. The number of hydrogen-bond acceptors (Lipinski definition) is 4. The molecule has 0 saturated carbocycles. The number of carbonyl (C=O) groups is 2. The largest absolute Gasteiger partial charge is 1.00 e. The van der Waals surface area contributed by atoms with Crippen LogP contribution in [-0.4, -0.2) is 21.7 Å². The van der Waals surface area contributed by atoms with Crippen molar-refractivity contribution in [3.63, 3.8) is 0 Å². The molecule has 0 amide bonds. The van der Waals surface area contributed by atoms with Crippen LogP contribution in [0.2, 0.25) is 0 Å². The maximum absolute atomic E-state index is 9.04. The van der Waals surface area contributed by atoms with E-state index in [2.05, 4.69) is 11.9 Å². The van der Waals surface area contributed by atoms with Crippen LogP contribution in [0.25, 0.3) is 0 Å². The molecule has 7 heteroatoms. The summed E-state index contributed by atoms with van der Waals surface area (Å²) in [6.45, 7) is 0. The number of halogens is 1. The van der Waals surface area contributed by atoms with Gasteiger partial charge < -0.3 is 15.0 Å². The third-order valence-electron chi connectivity index (χ3n) is 0.175. The predicted molar refractivity (Wildman–Crippen MR) is 20.7 cm³/mol. The van der Waals surface area contributed by atoms with Gasteiger partial charge in [-0.3, -0.25) is 4.66 Å². The molecule has 0 aliphatic rings. The molecular weight excluding hydrogens is 162 g/mol. The van der Waals surface area contributed by atoms with Crippen LogP contribution in [0.5, 0.6) is 0 Å². The van der Waals surface area contributed by atoms with Gasteiger partial charge in [-0.15, -0.1) is 0 Å². The fourth-order valence-corrected chi connectivity index (χ4v) is 0. The van der Waals surface area contributed by atoms with Crippen molar-refractivity contribution in [2.24, 2.45) is 0 Å². The molecule has 0 saturated heterocycles. The summed E-state index contributed by atoms with van der Waals surface area (Å²) in [5.74, 6) is -4.01. The van der Waals surface area contributed by atoms with Crippen LogP contribution in [0.4, 0.5) is 0 Å². The summed E-state index contributed by atoms with van der Waals surface area (Å²) in [4.78, 5) is 18.0. The molecule has 9 heavy (non-hydrogen) atoms. The third kappa shape index (κ3) is 17.9. The zero-order valence-corrected chi connectivity index (χ0v) is 7.25. The molecule has 0 spiro atoms. The zero-order valence-electron chi connectivity index (χ0n) is 4.50. The Morgan fingerprint density at radius 1 is 1.33 bits per heavy atom. The first-order chi connectivity index (χ1) is 3.64. The minimum Gasteiger partial charge on any atom is -0.539 e. The molecular formula is C2H2ClNaO5. The number of hydrogen-bond donors (Lipinski definition) is 2. The minimum atomic E-state index is -2.07. The second kappa shape index (κ2) is 11.0. The van der Waals surface area contributed by atoms with Gasteiger partial charge in [-0.25, -0.2) is 4.79 Å². The van der Waals surface area contributed by atoms with Gasteiger partial charge in [0.05, 0.1) is 11.9 Å². The normalized spacial score (nSPS) is 5.56. The first-order valence-electron chi connectivity index (χ1n) is 1.26. The van der Waals surface area contributed by atoms with Gasteiger partial charge in [0.25, 0.3) is 0 Å². The van der Waals surface area contributed by atoms with E-state index < -0.39 is 11.9 Å². The Balaban J connectivity index is -0.000000109. The molecule has 0 fully saturated rings. The maximum atomic E-state index is 9.04. The number of carbonyl (C=O) groups excluding carboxylic acids is 1. The number of carboxylic acids is 2. The van der Waals surface area contributed by atoms with Crippen molar-refractivity contribution in [3.05, 3.63) is 0 Å². The van der Waals surface area contributed by atoms with Gasteiger partial charge in [0, 0.05) is 0 Å². The van der Waals surface area contributed by atoms with Crippen LogP contribution in [0, 0.1) is 0 Å². The molecule has 0 aromatic carbocycles. The van der Waals surface area contributed by atoms with Gasteiger partial charge in [0.15, 0.2) is 5.97 Å². The van der Waals surface area contributed by atoms with Crippen molar-refractivity contribution in [3.8, 4) is 0 Å². The van der Waals surface area contributed by atoms with Crippen LogP contribution in [-0.2, 0) is 9.59 Å². The van der Waals surface area contributed by atoms with E-state index in [-0.39, 0.29) is 29.6 Å². The van der Waals surface area contributed by atoms with Crippen molar-refractivity contribution in [1.82, 2.24) is 0 Å². The summed E-state index contributed by atoms with van der Waals surface area (Å²) in [5, 5.41) is 16.3. The summed E-state index contributed by atoms with van der Waals surface area (Å²) in [6.07, 6.45) is 0. The molecule has 5 nitrogen and oxygen atoms in total. The Labute approximate surface area is 77.7 Å². The topological polar surface area (TPSA) is 97.7 Å². The Kier molecular flexibility index (Phi) is 19.8. The van der Waals surface area contributed by atoms with Crippen LogP contribution >= 0.6 is 11.9 Å². The summed E-state index contributed by atoms with van der Waals surface area (Å²) in [6, 6.07) is 0. The van der Waals surface area contributed by atoms with Gasteiger partial charge in [-0.05, 0) is 0 Å². The first kappa shape index (κ1) is 16.1. The van der Waals surface area contributed by atoms with E-state index in [0.717, 1.165) is 0 Å². The van der Waals surface area contributed by atoms with Crippen LogP contribution in [0.3, 0.4) is 0 Å². The fraction of sp³-hybridized carbons (Fsp3) is 0. The van der Waals surface area contributed by atoms with Crippen LogP contribution in [0.15, 0.2) is 0 Å². The van der Waals surface area contributed by atoms with E-state index in [1.54, 1.807) is 0 Å². The summed E-state index contributed by atoms with van der Waals surface area (Å²) in [7, 11) is 0. The summed E-state index contributed by atoms with van der Waals surface area (Å²) >= 11 is 3.64. The van der Waals surface area contributed by atoms with Gasteiger partial charge in [0.2, 0.25) is 0 Å². The van der Waals surface area contributed by atoms with Crippen molar-refractivity contribution in [1.29, 1.82) is 0 Å². The quantitative estimate of drug-likeness (QED) is 0.276. The van der Waals surface area contributed by atoms with E-state index in [1.165, 1.54) is 0 Å². The molecule has 0 aliphatic heterocycles. The Hall–Kier alpha value is 0.190. The number of carboxylic acid groups (broad SMARTS) is 2. The Morgan fingerprint density at radius 2 is 1.44 bits per heavy atom. The van der Waals surface area contributed by atoms with Crippen LogP contribution < -0.4 is 34.7 Å². The standard InChI is InChI=1S/C2H2O4.ClHO.Na/c3-1(4)2(5)6;1-2;/h(H,3,4)(H,5,6);2H;/q;;+1/p-1. The number of rotatable bonds is 0. The monoisotopic (exact) mass is 164 g/mol. The van der Waals surface area contributed by atoms with Crippen molar-refractivity contribution in [2.75, 3.05) is 0 Å². The van der Waals surface area contributed by atoms with Gasteiger partial charge >= 0.3 is 35.5 Å². The molecule has 0 bridgehead atoms. The van der Waals surface area contributed by atoms with Crippen molar-refractivity contribution < 1.29 is 54.0 Å². The molecule has 0 radical (unpaired) electrons. The summed E-state index contributed by atoms with van der Waals surface area (Å²) < 4.78 is 6.47. The number of aliphatic carboxylic acids is 2. The molecule has 0 unspecified atom stereocenters. The molecule has 2 N–H and O–H groups in total. The Morgan fingerprint density at radius 3 is 1.44 bits per heavy atom. The average Bonchev–Trinajstić information content (AvgIpc) is 1.72. The van der Waals surface area contributed by atoms with Crippen molar-refractivity contribution in [2.45, 2.75) is 0 Å². The Bertz CT molecular complexity index is 81.0. The molecule has 48 valence electrons. The molecule has 0 aromatic rings. The second-order valence-corrected chi connectivity index (χ2v) is 0.593. The van der Waals surface area contributed by atoms with Gasteiger partial charge in [-0.2, -0.15) is 0 Å². The predicted octanol–water partition coefficient (Wildman–Crippen LogP) is -5.04. The van der Waals surface area contributed by atoms with E-state index in [4.69, 9.17) is 24.5 Å². The second-order valence-electron chi connectivity index (χ2n) is 0.593. The molecule has 0 atom stereocenters. The summed E-state index contributed by atoms with van der Waals surface area (Å²) in [5.41, 5.74) is 0. The third-order valence-corrected chi connectivity index (χ3v) is 0.175. The molecule has 0 heterocycles. The van der Waals surface area contributed by atoms with Gasteiger partial charge in [-0.1, -0.05) is 0 Å². The maximum Gasteiger partial charge on any atom is 1.00 e. The van der Waals surface area contributed by atoms with E-state index >= 15 is 0 Å². The zero-order chi connectivity index (χ0) is 7.15. The first-order valence-corrected chi connectivity index (χ1v) is 1.59. The average molecular weight is 164 g/mol. The SMILES string of the molecule is O=C([O-])C(=O)O.OCl.[Na+]. The molecule has 0 aromatic heterocycles. The molecule has 0 rings (SSSR count). The van der Waals surface area contributed by atoms with E-state index in [1.807, 2.05) is 0 Å². The minimum absolute atomic E-state index is 0. The van der Waals surface area contributed by atoms with E-state index in [0.29, 0.717) is 0 Å². The van der Waals surface area contributed by atoms with Gasteiger partial charge in [0.1, 0.15) is 0 Å². The van der Waals surface area contributed by atoms with E-state index in [9.17, 15) is 0 Å².